The molecule has 138 valence electrons. The van der Waals surface area contributed by atoms with E-state index in [1.807, 2.05) is 24.3 Å². The van der Waals surface area contributed by atoms with E-state index in [1.54, 1.807) is 36.3 Å². The van der Waals surface area contributed by atoms with Gasteiger partial charge in [0.05, 0.1) is 12.8 Å². The molecule has 1 aliphatic carbocycles. The molecule has 0 atom stereocenters. The molecular formula is C21H20N2O4. The van der Waals surface area contributed by atoms with E-state index in [4.69, 9.17) is 4.74 Å². The standard InChI is InChI=1S/C21H20N2O4/c1-27-17-9-5-4-8-16(17)22-10-12-23(13-11-22)18-19(24)14-6-2-3-7-15(14)20(25)21(18)26/h2-9,24H,10-13H2,1H3. The fourth-order valence-electron chi connectivity index (χ4n) is 3.71. The molecule has 0 unspecified atom stereocenters. The lowest BCUT2D eigenvalue weighted by Gasteiger charge is -2.39. The van der Waals surface area contributed by atoms with Crippen LogP contribution >= 0.6 is 0 Å². The van der Waals surface area contributed by atoms with Gasteiger partial charge in [-0.25, -0.2) is 0 Å². The third kappa shape index (κ3) is 2.83. The van der Waals surface area contributed by atoms with Crippen LogP contribution in [-0.2, 0) is 4.79 Å². The molecule has 0 radical (unpaired) electrons. The number of hydrogen-bond acceptors (Lipinski definition) is 6. The zero-order valence-corrected chi connectivity index (χ0v) is 15.0. The number of carbonyl (C=O) groups is 2. The van der Waals surface area contributed by atoms with Crippen molar-refractivity contribution >= 4 is 23.0 Å². The number of carbonyl (C=O) groups excluding carboxylic acids is 2. The van der Waals surface area contributed by atoms with Crippen molar-refractivity contribution in [2.24, 2.45) is 0 Å². The number of anilines is 1. The van der Waals surface area contributed by atoms with Gasteiger partial charge in [0.2, 0.25) is 5.78 Å². The predicted molar refractivity (Wildman–Crippen MR) is 102 cm³/mol. The number of fused-ring (bicyclic) bond motifs is 1. The van der Waals surface area contributed by atoms with Gasteiger partial charge in [0.25, 0.3) is 5.78 Å². The van der Waals surface area contributed by atoms with E-state index < -0.39 is 11.6 Å². The molecule has 0 amide bonds. The average molecular weight is 364 g/mol. The zero-order valence-electron chi connectivity index (χ0n) is 15.0. The van der Waals surface area contributed by atoms with Crippen molar-refractivity contribution in [3.8, 4) is 5.75 Å². The Hall–Kier alpha value is -3.28. The van der Waals surface area contributed by atoms with E-state index in [9.17, 15) is 14.7 Å². The predicted octanol–water partition coefficient (Wildman–Crippen LogP) is 2.51. The van der Waals surface area contributed by atoms with Crippen molar-refractivity contribution < 1.29 is 19.4 Å². The molecule has 27 heavy (non-hydrogen) atoms. The number of methoxy groups -OCH3 is 1. The second kappa shape index (κ2) is 6.79. The van der Waals surface area contributed by atoms with Crippen LogP contribution in [0.5, 0.6) is 5.75 Å². The van der Waals surface area contributed by atoms with E-state index in [0.29, 0.717) is 31.7 Å². The second-order valence-electron chi connectivity index (χ2n) is 6.55. The van der Waals surface area contributed by atoms with Crippen molar-refractivity contribution in [2.45, 2.75) is 0 Å². The fourth-order valence-corrected chi connectivity index (χ4v) is 3.71. The first-order valence-corrected chi connectivity index (χ1v) is 8.86. The molecule has 6 heteroatoms. The minimum absolute atomic E-state index is 0.110. The fraction of sp³-hybridized carbons (Fsp3) is 0.238. The van der Waals surface area contributed by atoms with Crippen LogP contribution in [0.4, 0.5) is 5.69 Å². The Bertz CT molecular complexity index is 943. The molecule has 0 aromatic heterocycles. The van der Waals surface area contributed by atoms with Crippen LogP contribution in [0.15, 0.2) is 54.2 Å². The van der Waals surface area contributed by atoms with Gasteiger partial charge in [0.15, 0.2) is 5.76 Å². The number of Topliss-reactive ketones (excluding diaryl/α,β-unsaturated/α-hetero) is 2. The van der Waals surface area contributed by atoms with Crippen LogP contribution in [0.2, 0.25) is 0 Å². The lowest BCUT2D eigenvalue weighted by Crippen LogP contribution is -2.48. The Labute approximate surface area is 157 Å². The van der Waals surface area contributed by atoms with Gasteiger partial charge in [-0.3, -0.25) is 9.59 Å². The van der Waals surface area contributed by atoms with Gasteiger partial charge in [-0.05, 0) is 12.1 Å². The van der Waals surface area contributed by atoms with E-state index in [1.165, 1.54) is 0 Å². The maximum Gasteiger partial charge on any atom is 0.253 e. The molecule has 1 heterocycles. The van der Waals surface area contributed by atoms with Gasteiger partial charge in [-0.2, -0.15) is 0 Å². The van der Waals surface area contributed by atoms with Gasteiger partial charge in [-0.1, -0.05) is 36.4 Å². The Morgan fingerprint density at radius 2 is 1.41 bits per heavy atom. The molecule has 0 saturated carbocycles. The van der Waals surface area contributed by atoms with Crippen molar-refractivity contribution in [3.63, 3.8) is 0 Å². The summed E-state index contributed by atoms with van der Waals surface area (Å²) in [7, 11) is 1.64. The third-order valence-electron chi connectivity index (χ3n) is 5.09. The number of ketones is 2. The number of ether oxygens (including phenoxy) is 1. The summed E-state index contributed by atoms with van der Waals surface area (Å²) in [5.41, 5.74) is 1.79. The average Bonchev–Trinajstić information content (AvgIpc) is 2.73. The van der Waals surface area contributed by atoms with Crippen LogP contribution in [-0.4, -0.2) is 54.9 Å². The second-order valence-corrected chi connectivity index (χ2v) is 6.55. The Kier molecular flexibility index (Phi) is 4.32. The highest BCUT2D eigenvalue weighted by Gasteiger charge is 2.36. The molecule has 1 saturated heterocycles. The minimum atomic E-state index is -0.642. The molecule has 6 nitrogen and oxygen atoms in total. The Morgan fingerprint density at radius 1 is 0.815 bits per heavy atom. The summed E-state index contributed by atoms with van der Waals surface area (Å²) in [4.78, 5) is 29.0. The number of benzene rings is 2. The van der Waals surface area contributed by atoms with Gasteiger partial charge >= 0.3 is 0 Å². The third-order valence-corrected chi connectivity index (χ3v) is 5.09. The molecule has 2 aromatic carbocycles. The number of aliphatic hydroxyl groups excluding tert-OH is 1. The number of nitrogens with zero attached hydrogens (tertiary/aromatic N) is 2. The SMILES string of the molecule is COc1ccccc1N1CCN(C2=C(O)c3ccccc3C(=O)C2=O)CC1. The van der Waals surface area contributed by atoms with E-state index >= 15 is 0 Å². The number of hydrogen-bond donors (Lipinski definition) is 1. The molecular weight excluding hydrogens is 344 g/mol. The van der Waals surface area contributed by atoms with Gasteiger partial charge in [0.1, 0.15) is 11.4 Å². The van der Waals surface area contributed by atoms with Crippen molar-refractivity contribution in [1.29, 1.82) is 0 Å². The van der Waals surface area contributed by atoms with E-state index in [0.717, 1.165) is 11.4 Å². The summed E-state index contributed by atoms with van der Waals surface area (Å²) in [6, 6.07) is 14.5. The zero-order chi connectivity index (χ0) is 19.0. The Balaban J connectivity index is 1.60. The molecule has 1 fully saturated rings. The molecule has 2 aliphatic rings. The lowest BCUT2D eigenvalue weighted by atomic mass is 9.91. The number of aliphatic hydroxyl groups is 1. The smallest absolute Gasteiger partial charge is 0.253 e. The van der Waals surface area contributed by atoms with Crippen LogP contribution < -0.4 is 9.64 Å². The van der Waals surface area contributed by atoms with Gasteiger partial charge < -0.3 is 19.6 Å². The topological polar surface area (TPSA) is 70.1 Å². The first-order valence-electron chi connectivity index (χ1n) is 8.86. The summed E-state index contributed by atoms with van der Waals surface area (Å²) in [5.74, 6) is -0.519. The molecule has 1 N–H and O–H groups in total. The van der Waals surface area contributed by atoms with E-state index in [2.05, 4.69) is 4.90 Å². The van der Waals surface area contributed by atoms with Crippen molar-refractivity contribution in [2.75, 3.05) is 38.2 Å². The normalized spacial score (nSPS) is 17.2. The van der Waals surface area contributed by atoms with Crippen LogP contribution in [0.25, 0.3) is 5.76 Å². The summed E-state index contributed by atoms with van der Waals surface area (Å²) in [6.45, 7) is 2.36. The lowest BCUT2D eigenvalue weighted by molar-refractivity contribution is -0.113. The highest BCUT2D eigenvalue weighted by Crippen LogP contribution is 2.32. The minimum Gasteiger partial charge on any atom is -0.505 e. The highest BCUT2D eigenvalue weighted by molar-refractivity contribution is 6.52. The maximum absolute atomic E-state index is 12.6. The molecule has 0 bridgehead atoms. The largest absolute Gasteiger partial charge is 0.505 e. The number of allylic oxidation sites excluding steroid dienone is 1. The van der Waals surface area contributed by atoms with Gasteiger partial charge in [-0.15, -0.1) is 0 Å². The molecule has 2 aromatic rings. The quantitative estimate of drug-likeness (QED) is 0.844. The molecule has 0 spiro atoms. The maximum atomic E-state index is 12.6. The summed E-state index contributed by atoms with van der Waals surface area (Å²) in [6.07, 6.45) is 0. The number of rotatable bonds is 3. The van der Waals surface area contributed by atoms with Gasteiger partial charge in [0, 0.05) is 37.3 Å². The van der Waals surface area contributed by atoms with Crippen LogP contribution in [0.1, 0.15) is 15.9 Å². The van der Waals surface area contributed by atoms with Crippen molar-refractivity contribution in [1.82, 2.24) is 4.90 Å². The van der Waals surface area contributed by atoms with Crippen LogP contribution in [0, 0.1) is 0 Å². The van der Waals surface area contributed by atoms with Crippen molar-refractivity contribution in [3.05, 3.63) is 65.4 Å². The summed E-state index contributed by atoms with van der Waals surface area (Å²) in [5, 5.41) is 10.7. The van der Waals surface area contributed by atoms with E-state index in [-0.39, 0.29) is 17.0 Å². The Morgan fingerprint density at radius 3 is 2.11 bits per heavy atom. The summed E-state index contributed by atoms with van der Waals surface area (Å²) < 4.78 is 5.43. The number of para-hydroxylation sites is 2. The molecule has 1 aliphatic heterocycles. The monoisotopic (exact) mass is 364 g/mol. The van der Waals surface area contributed by atoms with Crippen LogP contribution in [0.3, 0.4) is 0 Å². The first-order chi connectivity index (χ1) is 13.1. The highest BCUT2D eigenvalue weighted by atomic mass is 16.5. The first kappa shape index (κ1) is 17.1. The number of piperazine rings is 1. The summed E-state index contributed by atoms with van der Waals surface area (Å²) >= 11 is 0. The molecule has 4 rings (SSSR count).